The summed E-state index contributed by atoms with van der Waals surface area (Å²) in [5.74, 6) is -0.760. The first-order chi connectivity index (χ1) is 12.7. The molecule has 1 saturated carbocycles. The lowest BCUT2D eigenvalue weighted by Crippen LogP contribution is -2.22. The van der Waals surface area contributed by atoms with E-state index in [0.717, 1.165) is 11.1 Å². The summed E-state index contributed by atoms with van der Waals surface area (Å²) in [6.07, 6.45) is 0.619. The molecule has 0 N–H and O–H groups in total. The van der Waals surface area contributed by atoms with Crippen molar-refractivity contribution in [2.24, 2.45) is 16.4 Å². The molecule has 3 rings (SSSR count). The van der Waals surface area contributed by atoms with Crippen molar-refractivity contribution in [2.75, 3.05) is 13.2 Å². The molecule has 0 saturated heterocycles. The Bertz CT molecular complexity index is 728. The lowest BCUT2D eigenvalue weighted by molar-refractivity contribution is -0.121. The largest absolute Gasteiger partial charge is 0.376 e. The second-order valence-corrected chi connectivity index (χ2v) is 6.60. The van der Waals surface area contributed by atoms with Crippen molar-refractivity contribution in [3.8, 4) is 0 Å². The van der Waals surface area contributed by atoms with E-state index in [4.69, 9.17) is 15.0 Å². The van der Waals surface area contributed by atoms with Crippen LogP contribution < -0.4 is 0 Å². The Morgan fingerprint density at radius 2 is 1.50 bits per heavy atom. The van der Waals surface area contributed by atoms with E-state index in [2.05, 4.69) is 10.0 Å². The first-order valence-electron chi connectivity index (χ1n) is 8.56. The number of benzene rings is 2. The highest BCUT2D eigenvalue weighted by Crippen LogP contribution is 2.54. The Morgan fingerprint density at radius 3 is 1.96 bits per heavy atom. The SMILES string of the molecule is [N-]=[N+]=NC(=O)C1CC1(COCc1ccccc1)COCc1ccccc1. The third-order valence-corrected chi connectivity index (χ3v) is 4.63. The number of azide groups is 1. The lowest BCUT2D eigenvalue weighted by Gasteiger charge is -2.17. The Balaban J connectivity index is 1.56. The summed E-state index contributed by atoms with van der Waals surface area (Å²) in [6, 6.07) is 19.7. The van der Waals surface area contributed by atoms with Gasteiger partial charge in [0.1, 0.15) is 0 Å². The molecule has 0 bridgehead atoms. The highest BCUT2D eigenvalue weighted by Gasteiger charge is 2.58. The maximum Gasteiger partial charge on any atom is 0.222 e. The van der Waals surface area contributed by atoms with Crippen LogP contribution in [0.1, 0.15) is 17.5 Å². The van der Waals surface area contributed by atoms with Crippen molar-refractivity contribution in [1.82, 2.24) is 0 Å². The van der Waals surface area contributed by atoms with Crippen LogP contribution in [0.3, 0.4) is 0 Å². The molecule has 1 atom stereocenters. The van der Waals surface area contributed by atoms with Gasteiger partial charge in [-0.1, -0.05) is 60.7 Å². The number of rotatable bonds is 9. The number of hydrogen-bond donors (Lipinski definition) is 0. The minimum atomic E-state index is -0.431. The molecule has 1 fully saturated rings. The normalized spacial score (nSPS) is 17.3. The minimum Gasteiger partial charge on any atom is -0.376 e. The third kappa shape index (κ3) is 4.70. The second kappa shape index (κ2) is 8.63. The summed E-state index contributed by atoms with van der Waals surface area (Å²) in [5, 5.41) is 3.24. The molecule has 26 heavy (non-hydrogen) atoms. The Hall–Kier alpha value is -2.66. The molecule has 0 spiro atoms. The van der Waals surface area contributed by atoms with Crippen LogP contribution in [0.25, 0.3) is 10.4 Å². The molecule has 0 aromatic heterocycles. The maximum atomic E-state index is 12.0. The Kier molecular flexibility index (Phi) is 6.02. The van der Waals surface area contributed by atoms with Gasteiger partial charge >= 0.3 is 0 Å². The van der Waals surface area contributed by atoms with Crippen molar-refractivity contribution in [2.45, 2.75) is 19.6 Å². The first kappa shape index (κ1) is 18.1. The van der Waals surface area contributed by atoms with Crippen LogP contribution in [-0.2, 0) is 27.5 Å². The summed E-state index contributed by atoms with van der Waals surface area (Å²) in [5.41, 5.74) is 10.3. The van der Waals surface area contributed by atoms with Crippen LogP contribution in [0.5, 0.6) is 0 Å². The van der Waals surface area contributed by atoms with Crippen LogP contribution in [0, 0.1) is 11.3 Å². The van der Waals surface area contributed by atoms with Gasteiger partial charge in [0.2, 0.25) is 5.91 Å². The topological polar surface area (TPSA) is 84.3 Å². The van der Waals surface area contributed by atoms with Crippen molar-refractivity contribution in [1.29, 1.82) is 0 Å². The fraction of sp³-hybridized carbons (Fsp3) is 0.350. The van der Waals surface area contributed by atoms with Gasteiger partial charge in [-0.05, 0) is 28.2 Å². The lowest BCUT2D eigenvalue weighted by atomic mass is 10.1. The predicted octanol–water partition coefficient (Wildman–Crippen LogP) is 4.26. The smallest absolute Gasteiger partial charge is 0.222 e. The third-order valence-electron chi connectivity index (χ3n) is 4.63. The van der Waals surface area contributed by atoms with E-state index in [1.807, 2.05) is 60.7 Å². The van der Waals surface area contributed by atoms with Gasteiger partial charge in [0.05, 0.1) is 26.4 Å². The minimum absolute atomic E-state index is 0.329. The number of carbonyl (C=O) groups is 1. The van der Waals surface area contributed by atoms with Gasteiger partial charge in [0.15, 0.2) is 0 Å². The first-order valence-corrected chi connectivity index (χ1v) is 8.56. The van der Waals surface area contributed by atoms with Gasteiger partial charge in [-0.25, -0.2) is 0 Å². The molecule has 1 aliphatic carbocycles. The molecule has 2 aromatic carbocycles. The van der Waals surface area contributed by atoms with E-state index in [1.165, 1.54) is 0 Å². The average molecular weight is 351 g/mol. The summed E-state index contributed by atoms with van der Waals surface area (Å²) in [7, 11) is 0. The van der Waals surface area contributed by atoms with Crippen molar-refractivity contribution >= 4 is 5.91 Å². The summed E-state index contributed by atoms with van der Waals surface area (Å²) < 4.78 is 11.7. The molecule has 6 nitrogen and oxygen atoms in total. The molecule has 1 amide bonds. The number of nitrogens with zero attached hydrogens (tertiary/aromatic N) is 3. The number of hydrogen-bond acceptors (Lipinski definition) is 3. The number of amides is 1. The quantitative estimate of drug-likeness (QED) is 0.384. The average Bonchev–Trinajstić information content (AvgIpc) is 3.38. The van der Waals surface area contributed by atoms with Crippen LogP contribution >= 0.6 is 0 Å². The van der Waals surface area contributed by atoms with Gasteiger partial charge in [-0.3, -0.25) is 4.79 Å². The van der Waals surface area contributed by atoms with E-state index >= 15 is 0 Å². The highest BCUT2D eigenvalue weighted by atomic mass is 16.5. The van der Waals surface area contributed by atoms with Crippen LogP contribution in [0.15, 0.2) is 65.8 Å². The Labute approximate surface area is 152 Å². The van der Waals surface area contributed by atoms with Crippen LogP contribution in [0.2, 0.25) is 0 Å². The van der Waals surface area contributed by atoms with Gasteiger partial charge in [0, 0.05) is 16.2 Å². The molecule has 0 aliphatic heterocycles. The van der Waals surface area contributed by atoms with Crippen molar-refractivity contribution in [3.05, 3.63) is 82.2 Å². The Morgan fingerprint density at radius 1 is 1.00 bits per heavy atom. The van der Waals surface area contributed by atoms with Gasteiger partial charge in [-0.15, -0.1) is 0 Å². The fourth-order valence-electron chi connectivity index (χ4n) is 3.06. The van der Waals surface area contributed by atoms with Gasteiger partial charge in [0.25, 0.3) is 0 Å². The molecule has 6 heteroatoms. The van der Waals surface area contributed by atoms with Crippen molar-refractivity contribution in [3.63, 3.8) is 0 Å². The molecule has 0 heterocycles. The summed E-state index contributed by atoms with van der Waals surface area (Å²) in [6.45, 7) is 1.75. The number of ether oxygens (including phenoxy) is 2. The summed E-state index contributed by atoms with van der Waals surface area (Å²) >= 11 is 0. The van der Waals surface area contributed by atoms with Gasteiger partial charge in [-0.2, -0.15) is 0 Å². The highest BCUT2D eigenvalue weighted by molar-refractivity contribution is 5.83. The molecule has 2 aromatic rings. The maximum absolute atomic E-state index is 12.0. The van der Waals surface area contributed by atoms with Crippen LogP contribution in [0.4, 0.5) is 0 Å². The fourth-order valence-corrected chi connectivity index (χ4v) is 3.06. The molecular formula is C20H21N3O3. The van der Waals surface area contributed by atoms with E-state index in [0.29, 0.717) is 32.8 Å². The molecule has 0 radical (unpaired) electrons. The van der Waals surface area contributed by atoms with Crippen LogP contribution in [-0.4, -0.2) is 19.1 Å². The van der Waals surface area contributed by atoms with E-state index in [-0.39, 0.29) is 5.92 Å². The monoisotopic (exact) mass is 351 g/mol. The van der Waals surface area contributed by atoms with E-state index < -0.39 is 11.3 Å². The van der Waals surface area contributed by atoms with Crippen molar-refractivity contribution < 1.29 is 14.3 Å². The number of carbonyl (C=O) groups excluding carboxylic acids is 1. The summed E-state index contributed by atoms with van der Waals surface area (Å²) in [4.78, 5) is 14.6. The molecular weight excluding hydrogens is 330 g/mol. The zero-order valence-electron chi connectivity index (χ0n) is 14.5. The standard InChI is InChI=1S/C20H21N3O3/c21-23-22-19(24)18-11-20(18,14-25-12-16-7-3-1-4-8-16)15-26-13-17-9-5-2-6-10-17/h1-10,18H,11-15H2. The molecule has 1 unspecified atom stereocenters. The zero-order chi connectivity index (χ0) is 18.2. The second-order valence-electron chi connectivity index (χ2n) is 6.60. The van der Waals surface area contributed by atoms with Gasteiger partial charge < -0.3 is 9.47 Å². The zero-order valence-corrected chi connectivity index (χ0v) is 14.5. The molecule has 134 valence electrons. The predicted molar refractivity (Wildman–Crippen MR) is 96.9 cm³/mol. The molecule has 1 aliphatic rings. The van der Waals surface area contributed by atoms with E-state index in [9.17, 15) is 4.79 Å². The van der Waals surface area contributed by atoms with E-state index in [1.54, 1.807) is 0 Å².